The fraction of sp³-hybridized carbons (Fsp3) is 0.462. The molecule has 1 aromatic rings. The predicted octanol–water partition coefficient (Wildman–Crippen LogP) is 2.26. The molecule has 0 N–H and O–H groups in total. The molecule has 0 bridgehead atoms. The summed E-state index contributed by atoms with van der Waals surface area (Å²) in [6.45, 7) is 4.69. The Morgan fingerprint density at radius 2 is 1.88 bits per heavy atom. The van der Waals surface area contributed by atoms with Crippen LogP contribution in [0.25, 0.3) is 0 Å². The molecule has 1 aromatic carbocycles. The molecule has 0 saturated carbocycles. The van der Waals surface area contributed by atoms with Crippen molar-refractivity contribution in [2.75, 3.05) is 20.8 Å². The van der Waals surface area contributed by atoms with Gasteiger partial charge in [-0.15, -0.1) is 0 Å². The number of rotatable bonds is 3. The van der Waals surface area contributed by atoms with Gasteiger partial charge in [0.25, 0.3) is 0 Å². The Morgan fingerprint density at radius 1 is 1.18 bits per heavy atom. The zero-order chi connectivity index (χ0) is 12.5. The van der Waals surface area contributed by atoms with Crippen LogP contribution >= 0.6 is 0 Å². The molecule has 0 amide bonds. The van der Waals surface area contributed by atoms with Crippen LogP contribution in [0.15, 0.2) is 23.2 Å². The smallest absolute Gasteiger partial charge is 0.216 e. The maximum atomic E-state index is 5.58. The zero-order valence-corrected chi connectivity index (χ0v) is 10.6. The Kier molecular flexibility index (Phi) is 2.96. The first-order chi connectivity index (χ1) is 8.05. The van der Waals surface area contributed by atoms with E-state index in [4.69, 9.17) is 14.2 Å². The summed E-state index contributed by atoms with van der Waals surface area (Å²) in [5, 5.41) is 0. The van der Waals surface area contributed by atoms with Gasteiger partial charge in [0.15, 0.2) is 11.5 Å². The summed E-state index contributed by atoms with van der Waals surface area (Å²) in [4.78, 5) is 4.52. The summed E-state index contributed by atoms with van der Waals surface area (Å²) in [6, 6.07) is 5.64. The van der Waals surface area contributed by atoms with Gasteiger partial charge in [-0.2, -0.15) is 0 Å². The monoisotopic (exact) mass is 235 g/mol. The highest BCUT2D eigenvalue weighted by atomic mass is 16.5. The molecule has 1 heterocycles. The van der Waals surface area contributed by atoms with Gasteiger partial charge < -0.3 is 14.2 Å². The first kappa shape index (κ1) is 11.8. The fourth-order valence-electron chi connectivity index (χ4n) is 1.70. The Balaban J connectivity index is 2.35. The Bertz CT molecular complexity index is 452. The minimum Gasteiger partial charge on any atom is -0.493 e. The van der Waals surface area contributed by atoms with Crippen molar-refractivity contribution in [1.82, 2.24) is 0 Å². The maximum absolute atomic E-state index is 5.58. The van der Waals surface area contributed by atoms with Crippen LogP contribution in [-0.4, -0.2) is 32.3 Å². The summed E-state index contributed by atoms with van der Waals surface area (Å²) < 4.78 is 16.0. The lowest BCUT2D eigenvalue weighted by Crippen LogP contribution is -2.17. The van der Waals surface area contributed by atoms with Crippen LogP contribution in [0.2, 0.25) is 0 Å². The standard InChI is InChI=1S/C13H17NO3/c1-13(2)8-17-12(14-13)9-5-6-10(15-3)11(7-9)16-4/h5-7H,8H2,1-4H3. The van der Waals surface area contributed by atoms with E-state index in [1.165, 1.54) is 0 Å². The maximum Gasteiger partial charge on any atom is 0.216 e. The predicted molar refractivity (Wildman–Crippen MR) is 66.1 cm³/mol. The molecular weight excluding hydrogens is 218 g/mol. The SMILES string of the molecule is COc1ccc(C2=NC(C)(C)CO2)cc1OC. The number of aliphatic imine (C=N–C) groups is 1. The van der Waals surface area contributed by atoms with Crippen LogP contribution < -0.4 is 9.47 Å². The van der Waals surface area contributed by atoms with Crippen LogP contribution in [0.3, 0.4) is 0 Å². The van der Waals surface area contributed by atoms with E-state index < -0.39 is 0 Å². The van der Waals surface area contributed by atoms with Crippen LogP contribution in [0.4, 0.5) is 0 Å². The molecule has 0 aliphatic carbocycles. The first-order valence-corrected chi connectivity index (χ1v) is 5.51. The lowest BCUT2D eigenvalue weighted by atomic mass is 10.1. The zero-order valence-electron chi connectivity index (χ0n) is 10.6. The summed E-state index contributed by atoms with van der Waals surface area (Å²) in [5.41, 5.74) is 0.760. The van der Waals surface area contributed by atoms with E-state index >= 15 is 0 Å². The molecule has 0 unspecified atom stereocenters. The minimum atomic E-state index is -0.150. The third-order valence-corrected chi connectivity index (χ3v) is 2.60. The minimum absolute atomic E-state index is 0.150. The van der Waals surface area contributed by atoms with E-state index in [0.717, 1.165) is 5.56 Å². The van der Waals surface area contributed by atoms with E-state index in [2.05, 4.69) is 4.99 Å². The van der Waals surface area contributed by atoms with Crippen molar-refractivity contribution in [3.05, 3.63) is 23.8 Å². The molecule has 92 valence electrons. The summed E-state index contributed by atoms with van der Waals surface area (Å²) in [6.07, 6.45) is 0. The Morgan fingerprint density at radius 3 is 2.41 bits per heavy atom. The number of ether oxygens (including phenoxy) is 3. The molecule has 1 aliphatic heterocycles. The molecule has 0 saturated heterocycles. The van der Waals surface area contributed by atoms with Crippen LogP contribution in [0.5, 0.6) is 11.5 Å². The van der Waals surface area contributed by atoms with Gasteiger partial charge in [0.1, 0.15) is 6.61 Å². The first-order valence-electron chi connectivity index (χ1n) is 5.51. The van der Waals surface area contributed by atoms with Crippen molar-refractivity contribution in [3.8, 4) is 11.5 Å². The highest BCUT2D eigenvalue weighted by molar-refractivity contribution is 5.96. The molecule has 0 spiro atoms. The van der Waals surface area contributed by atoms with Gasteiger partial charge in [0.05, 0.1) is 19.8 Å². The topological polar surface area (TPSA) is 40.0 Å². The quantitative estimate of drug-likeness (QED) is 0.806. The number of nitrogens with zero attached hydrogens (tertiary/aromatic N) is 1. The molecule has 2 rings (SSSR count). The highest BCUT2D eigenvalue weighted by Gasteiger charge is 2.27. The number of methoxy groups -OCH3 is 2. The van der Waals surface area contributed by atoms with Crippen LogP contribution in [0, 0.1) is 0 Å². The molecule has 0 atom stereocenters. The third kappa shape index (κ3) is 2.35. The molecule has 17 heavy (non-hydrogen) atoms. The van der Waals surface area contributed by atoms with Crippen molar-refractivity contribution in [1.29, 1.82) is 0 Å². The molecule has 4 heteroatoms. The largest absolute Gasteiger partial charge is 0.493 e. The molecule has 4 nitrogen and oxygen atoms in total. The lowest BCUT2D eigenvalue weighted by Gasteiger charge is -2.09. The molecule has 0 radical (unpaired) electrons. The van der Waals surface area contributed by atoms with Gasteiger partial charge in [-0.05, 0) is 32.0 Å². The van der Waals surface area contributed by atoms with Gasteiger partial charge in [0, 0.05) is 5.56 Å². The summed E-state index contributed by atoms with van der Waals surface area (Å²) in [5.74, 6) is 2.05. The van der Waals surface area contributed by atoms with Crippen molar-refractivity contribution in [3.63, 3.8) is 0 Å². The van der Waals surface area contributed by atoms with Crippen molar-refractivity contribution >= 4 is 5.90 Å². The second-order valence-corrected chi connectivity index (χ2v) is 4.59. The Hall–Kier alpha value is -1.71. The average molecular weight is 235 g/mol. The van der Waals surface area contributed by atoms with Gasteiger partial charge >= 0.3 is 0 Å². The van der Waals surface area contributed by atoms with Crippen LogP contribution in [-0.2, 0) is 4.74 Å². The van der Waals surface area contributed by atoms with Gasteiger partial charge in [-0.3, -0.25) is 0 Å². The third-order valence-electron chi connectivity index (χ3n) is 2.60. The van der Waals surface area contributed by atoms with E-state index in [1.54, 1.807) is 14.2 Å². The van der Waals surface area contributed by atoms with Crippen molar-refractivity contribution in [2.45, 2.75) is 19.4 Å². The van der Waals surface area contributed by atoms with Crippen molar-refractivity contribution < 1.29 is 14.2 Å². The van der Waals surface area contributed by atoms with E-state index in [0.29, 0.717) is 24.0 Å². The summed E-state index contributed by atoms with van der Waals surface area (Å²) >= 11 is 0. The van der Waals surface area contributed by atoms with Gasteiger partial charge in [0.2, 0.25) is 5.90 Å². The number of hydrogen-bond donors (Lipinski definition) is 0. The summed E-state index contributed by atoms with van der Waals surface area (Å²) in [7, 11) is 3.23. The highest BCUT2D eigenvalue weighted by Crippen LogP contribution is 2.29. The number of hydrogen-bond acceptors (Lipinski definition) is 4. The lowest BCUT2D eigenvalue weighted by molar-refractivity contribution is 0.279. The van der Waals surface area contributed by atoms with Gasteiger partial charge in [-0.25, -0.2) is 4.99 Å². The molecular formula is C13H17NO3. The number of benzene rings is 1. The average Bonchev–Trinajstić information content (AvgIpc) is 2.68. The molecule has 1 aliphatic rings. The molecule has 0 fully saturated rings. The van der Waals surface area contributed by atoms with E-state index in [9.17, 15) is 0 Å². The van der Waals surface area contributed by atoms with E-state index in [1.807, 2.05) is 32.0 Å². The normalized spacial score (nSPS) is 17.3. The van der Waals surface area contributed by atoms with Crippen molar-refractivity contribution in [2.24, 2.45) is 4.99 Å². The van der Waals surface area contributed by atoms with E-state index in [-0.39, 0.29) is 5.54 Å². The second kappa shape index (κ2) is 4.28. The van der Waals surface area contributed by atoms with Crippen LogP contribution in [0.1, 0.15) is 19.4 Å². The fourth-order valence-corrected chi connectivity index (χ4v) is 1.70. The molecule has 0 aromatic heterocycles. The Labute approximate surface area is 101 Å². The van der Waals surface area contributed by atoms with Gasteiger partial charge in [-0.1, -0.05) is 0 Å². The second-order valence-electron chi connectivity index (χ2n) is 4.59.